The highest BCUT2D eigenvalue weighted by Crippen LogP contribution is 2.28. The number of carboxylic acids is 1. The number of hydrogen-bond acceptors (Lipinski definition) is 2. The van der Waals surface area contributed by atoms with Gasteiger partial charge in [0.1, 0.15) is 5.41 Å². The first-order chi connectivity index (χ1) is 5.59. The zero-order valence-corrected chi connectivity index (χ0v) is 9.55. The van der Waals surface area contributed by atoms with Gasteiger partial charge in [0.25, 0.3) is 0 Å². The SMILES string of the molecule is CC(C[Si](C)(C)C)(C(N)=O)C(=O)O. The van der Waals surface area contributed by atoms with Crippen molar-refractivity contribution >= 4 is 20.0 Å². The number of aliphatic carboxylic acids is 1. The first kappa shape index (κ1) is 12.2. The Hall–Kier alpha value is -0.843. The van der Waals surface area contributed by atoms with Crippen LogP contribution in [0, 0.1) is 5.41 Å². The molecule has 4 nitrogen and oxygen atoms in total. The molecule has 0 saturated heterocycles. The van der Waals surface area contributed by atoms with Gasteiger partial charge in [-0.05, 0) is 13.0 Å². The summed E-state index contributed by atoms with van der Waals surface area (Å²) in [4.78, 5) is 21.9. The summed E-state index contributed by atoms with van der Waals surface area (Å²) in [5.41, 5.74) is 3.68. The molecule has 0 aliphatic rings. The van der Waals surface area contributed by atoms with Gasteiger partial charge in [-0.15, -0.1) is 0 Å². The van der Waals surface area contributed by atoms with Crippen LogP contribution in [0.15, 0.2) is 0 Å². The van der Waals surface area contributed by atoms with Gasteiger partial charge in [0.15, 0.2) is 0 Å². The lowest BCUT2D eigenvalue weighted by Gasteiger charge is -2.27. The monoisotopic (exact) mass is 203 g/mol. The fourth-order valence-electron chi connectivity index (χ4n) is 1.33. The van der Waals surface area contributed by atoms with E-state index in [1.807, 2.05) is 19.6 Å². The Morgan fingerprint density at radius 2 is 1.77 bits per heavy atom. The van der Waals surface area contributed by atoms with Gasteiger partial charge in [-0.25, -0.2) is 0 Å². The Morgan fingerprint density at radius 1 is 1.38 bits per heavy atom. The summed E-state index contributed by atoms with van der Waals surface area (Å²) in [6, 6.07) is 0.380. The molecule has 0 bridgehead atoms. The van der Waals surface area contributed by atoms with E-state index < -0.39 is 25.4 Å². The number of nitrogens with two attached hydrogens (primary N) is 1. The van der Waals surface area contributed by atoms with Crippen molar-refractivity contribution in [3.05, 3.63) is 0 Å². The molecule has 0 fully saturated rings. The second-order valence-electron chi connectivity index (χ2n) is 4.74. The Balaban J connectivity index is 4.84. The molecule has 1 atom stereocenters. The molecular formula is C8H17NO3Si. The lowest BCUT2D eigenvalue weighted by Crippen LogP contribution is -2.46. The lowest BCUT2D eigenvalue weighted by molar-refractivity contribution is -0.152. The molecule has 3 N–H and O–H groups in total. The van der Waals surface area contributed by atoms with Crippen LogP contribution in [0.2, 0.25) is 25.7 Å². The van der Waals surface area contributed by atoms with Crippen molar-refractivity contribution in [2.75, 3.05) is 0 Å². The maximum Gasteiger partial charge on any atom is 0.318 e. The normalized spacial score (nSPS) is 16.3. The number of primary amides is 1. The zero-order valence-electron chi connectivity index (χ0n) is 8.55. The van der Waals surface area contributed by atoms with Gasteiger partial charge in [-0.3, -0.25) is 9.59 Å². The molecule has 0 aromatic rings. The van der Waals surface area contributed by atoms with Crippen LogP contribution in [0.1, 0.15) is 6.92 Å². The molecule has 0 radical (unpaired) electrons. The Bertz CT molecular complexity index is 218. The summed E-state index contributed by atoms with van der Waals surface area (Å²) in [5, 5.41) is 8.89. The third-order valence-electron chi connectivity index (χ3n) is 1.90. The number of hydrogen-bond donors (Lipinski definition) is 2. The van der Waals surface area contributed by atoms with Crippen molar-refractivity contribution in [1.29, 1.82) is 0 Å². The maximum atomic E-state index is 11.0. The largest absolute Gasteiger partial charge is 0.480 e. The highest BCUT2D eigenvalue weighted by atomic mass is 28.3. The number of carbonyl (C=O) groups is 2. The molecule has 5 heteroatoms. The van der Waals surface area contributed by atoms with Gasteiger partial charge in [0.05, 0.1) is 0 Å². The van der Waals surface area contributed by atoms with E-state index in [9.17, 15) is 9.59 Å². The second kappa shape index (κ2) is 3.49. The molecule has 1 unspecified atom stereocenters. The van der Waals surface area contributed by atoms with Crippen LogP contribution in [0.5, 0.6) is 0 Å². The Labute approximate surface area is 79.1 Å². The van der Waals surface area contributed by atoms with Gasteiger partial charge >= 0.3 is 5.97 Å². The standard InChI is InChI=1S/C8H17NO3Si/c1-8(6(9)10,7(11)12)5-13(2,3)4/h5H2,1-4H3,(H2,9,10)(H,11,12). The minimum atomic E-state index is -1.60. The summed E-state index contributed by atoms with van der Waals surface area (Å²) in [6.45, 7) is 7.43. The molecule has 0 aliphatic carbocycles. The van der Waals surface area contributed by atoms with Crippen LogP contribution in [0.25, 0.3) is 0 Å². The van der Waals surface area contributed by atoms with E-state index in [0.717, 1.165) is 0 Å². The van der Waals surface area contributed by atoms with Crippen molar-refractivity contribution in [2.45, 2.75) is 32.6 Å². The van der Waals surface area contributed by atoms with Crippen LogP contribution < -0.4 is 5.73 Å². The van der Waals surface area contributed by atoms with Crippen molar-refractivity contribution in [3.63, 3.8) is 0 Å². The highest BCUT2D eigenvalue weighted by molar-refractivity contribution is 6.76. The van der Waals surface area contributed by atoms with Gasteiger partial charge in [0.2, 0.25) is 5.91 Å². The van der Waals surface area contributed by atoms with E-state index in [4.69, 9.17) is 10.8 Å². The van der Waals surface area contributed by atoms with E-state index in [0.29, 0.717) is 6.04 Å². The molecule has 0 aromatic carbocycles. The van der Waals surface area contributed by atoms with E-state index in [1.54, 1.807) is 0 Å². The molecule has 0 saturated carbocycles. The quantitative estimate of drug-likeness (QED) is 0.526. The minimum absolute atomic E-state index is 0.380. The average molecular weight is 203 g/mol. The van der Waals surface area contributed by atoms with Crippen LogP contribution in [0.4, 0.5) is 0 Å². The molecule has 76 valence electrons. The number of rotatable bonds is 4. The molecule has 0 spiro atoms. The minimum Gasteiger partial charge on any atom is -0.480 e. The molecule has 0 heterocycles. The first-order valence-corrected chi connectivity index (χ1v) is 7.83. The summed E-state index contributed by atoms with van der Waals surface area (Å²) >= 11 is 0. The van der Waals surface area contributed by atoms with E-state index >= 15 is 0 Å². The predicted octanol–water partition coefficient (Wildman–Crippen LogP) is 0.901. The fourth-order valence-corrected chi connectivity index (χ4v) is 3.78. The van der Waals surface area contributed by atoms with Crippen molar-refractivity contribution in [3.8, 4) is 0 Å². The van der Waals surface area contributed by atoms with Crippen LogP contribution >= 0.6 is 0 Å². The number of carboxylic acid groups (broad SMARTS) is 1. The third kappa shape index (κ3) is 3.18. The predicted molar refractivity (Wildman–Crippen MR) is 53.1 cm³/mol. The summed E-state index contributed by atoms with van der Waals surface area (Å²) in [6.07, 6.45) is 0. The van der Waals surface area contributed by atoms with Crippen LogP contribution in [-0.4, -0.2) is 25.1 Å². The summed E-state index contributed by atoms with van der Waals surface area (Å²) in [5.74, 6) is -1.87. The first-order valence-electron chi connectivity index (χ1n) is 4.13. The smallest absolute Gasteiger partial charge is 0.318 e. The summed E-state index contributed by atoms with van der Waals surface area (Å²) < 4.78 is 0. The third-order valence-corrected chi connectivity index (χ3v) is 3.67. The molecule has 1 amide bonds. The molecular weight excluding hydrogens is 186 g/mol. The second-order valence-corrected chi connectivity index (χ2v) is 10.2. The maximum absolute atomic E-state index is 11.0. The highest BCUT2D eigenvalue weighted by Gasteiger charge is 2.43. The molecule has 0 rings (SSSR count). The summed E-state index contributed by atoms with van der Waals surface area (Å²) in [7, 11) is -1.60. The lowest BCUT2D eigenvalue weighted by atomic mass is 9.93. The van der Waals surface area contributed by atoms with E-state index in [2.05, 4.69) is 0 Å². The van der Waals surface area contributed by atoms with Crippen LogP contribution in [-0.2, 0) is 9.59 Å². The molecule has 13 heavy (non-hydrogen) atoms. The van der Waals surface area contributed by atoms with Gasteiger partial charge < -0.3 is 10.8 Å². The van der Waals surface area contributed by atoms with E-state index in [1.165, 1.54) is 6.92 Å². The number of carbonyl (C=O) groups excluding carboxylic acids is 1. The van der Waals surface area contributed by atoms with E-state index in [-0.39, 0.29) is 0 Å². The number of amides is 1. The van der Waals surface area contributed by atoms with Crippen molar-refractivity contribution in [2.24, 2.45) is 11.1 Å². The van der Waals surface area contributed by atoms with Crippen molar-refractivity contribution < 1.29 is 14.7 Å². The fraction of sp³-hybridized carbons (Fsp3) is 0.750. The average Bonchev–Trinajstić information content (AvgIpc) is 1.82. The van der Waals surface area contributed by atoms with Gasteiger partial charge in [-0.1, -0.05) is 19.6 Å². The molecule has 0 aromatic heterocycles. The Morgan fingerprint density at radius 3 is 1.85 bits per heavy atom. The van der Waals surface area contributed by atoms with Crippen LogP contribution in [0.3, 0.4) is 0 Å². The van der Waals surface area contributed by atoms with Gasteiger partial charge in [-0.2, -0.15) is 0 Å². The zero-order chi connectivity index (χ0) is 10.9. The van der Waals surface area contributed by atoms with Crippen molar-refractivity contribution in [1.82, 2.24) is 0 Å². The molecule has 0 aliphatic heterocycles. The Kier molecular flexibility index (Phi) is 3.26. The topological polar surface area (TPSA) is 80.4 Å². The van der Waals surface area contributed by atoms with Gasteiger partial charge in [0, 0.05) is 8.07 Å².